The minimum atomic E-state index is -0.274. The normalized spacial score (nSPS) is 13.0. The molecule has 1 aliphatic heterocycles. The highest BCUT2D eigenvalue weighted by molar-refractivity contribution is 6.07. The molecule has 1 N–H and O–H groups in total. The summed E-state index contributed by atoms with van der Waals surface area (Å²) in [5, 5.41) is 9.94. The van der Waals surface area contributed by atoms with E-state index in [0.29, 0.717) is 0 Å². The van der Waals surface area contributed by atoms with Crippen LogP contribution in [0.25, 0.3) is 0 Å². The molecule has 1 aromatic rings. The van der Waals surface area contributed by atoms with E-state index in [-0.39, 0.29) is 46.7 Å². The van der Waals surface area contributed by atoms with Gasteiger partial charge in [0.2, 0.25) is 23.0 Å². The van der Waals surface area contributed by atoms with Gasteiger partial charge in [-0.1, -0.05) is 0 Å². The summed E-state index contributed by atoms with van der Waals surface area (Å²) >= 11 is 0. The molecule has 0 fully saturated rings. The molecule has 1 aromatic carbocycles. The lowest BCUT2D eigenvalue weighted by molar-refractivity contribution is 0.0958. The topological polar surface area (TPSA) is 74.2 Å². The number of fused-ring (bicyclic) bond motifs is 1. The Hall–Kier alpha value is -2.11. The number of rotatable bonds is 3. The first-order valence-corrected chi connectivity index (χ1v) is 4.86. The molecule has 6 heteroatoms. The highest BCUT2D eigenvalue weighted by Crippen LogP contribution is 2.54. The van der Waals surface area contributed by atoms with Gasteiger partial charge in [-0.2, -0.15) is 0 Å². The van der Waals surface area contributed by atoms with Crippen molar-refractivity contribution in [2.75, 3.05) is 27.9 Å². The van der Waals surface area contributed by atoms with E-state index in [9.17, 15) is 9.90 Å². The lowest BCUT2D eigenvalue weighted by Gasteiger charge is -2.15. The van der Waals surface area contributed by atoms with Crippen LogP contribution in [0.3, 0.4) is 0 Å². The first-order chi connectivity index (χ1) is 8.15. The summed E-state index contributed by atoms with van der Waals surface area (Å²) in [5.74, 6) is 0.00570. The highest BCUT2D eigenvalue weighted by atomic mass is 16.5. The molecule has 0 saturated heterocycles. The zero-order chi connectivity index (χ0) is 12.6. The third-order valence-electron chi connectivity index (χ3n) is 2.54. The Balaban J connectivity index is 2.80. The van der Waals surface area contributed by atoms with Gasteiger partial charge in [-0.05, 0) is 0 Å². The van der Waals surface area contributed by atoms with Crippen molar-refractivity contribution in [2.24, 2.45) is 0 Å². The molecule has 0 amide bonds. The monoisotopic (exact) mass is 240 g/mol. The number of phenolic OH excluding ortho intramolecular Hbond substituents is 1. The molecule has 0 aliphatic carbocycles. The van der Waals surface area contributed by atoms with E-state index >= 15 is 0 Å². The summed E-state index contributed by atoms with van der Waals surface area (Å²) in [6, 6.07) is 0. The second-order valence-electron chi connectivity index (χ2n) is 3.36. The number of methoxy groups -OCH3 is 3. The molecule has 1 aliphatic rings. The molecular weight excluding hydrogens is 228 g/mol. The van der Waals surface area contributed by atoms with E-state index < -0.39 is 0 Å². The van der Waals surface area contributed by atoms with Crippen molar-refractivity contribution in [2.45, 2.75) is 0 Å². The van der Waals surface area contributed by atoms with E-state index in [1.54, 1.807) is 0 Å². The summed E-state index contributed by atoms with van der Waals surface area (Å²) in [6.07, 6.45) is 0. The van der Waals surface area contributed by atoms with Crippen LogP contribution >= 0.6 is 0 Å². The Morgan fingerprint density at radius 3 is 2.18 bits per heavy atom. The minimum absolute atomic E-state index is 0.0418. The van der Waals surface area contributed by atoms with Gasteiger partial charge in [-0.25, -0.2) is 0 Å². The van der Waals surface area contributed by atoms with E-state index in [1.165, 1.54) is 21.3 Å². The smallest absolute Gasteiger partial charge is 0.211 e. The van der Waals surface area contributed by atoms with Gasteiger partial charge in [-0.15, -0.1) is 0 Å². The minimum Gasteiger partial charge on any atom is -0.502 e. The lowest BCUT2D eigenvalue weighted by Crippen LogP contribution is -2.01. The highest BCUT2D eigenvalue weighted by Gasteiger charge is 2.35. The number of carbonyl (C=O) groups is 1. The van der Waals surface area contributed by atoms with Crippen LogP contribution in [0.15, 0.2) is 0 Å². The molecule has 6 nitrogen and oxygen atoms in total. The van der Waals surface area contributed by atoms with Crippen LogP contribution in [-0.4, -0.2) is 38.8 Å². The van der Waals surface area contributed by atoms with Gasteiger partial charge in [0, 0.05) is 0 Å². The number of benzene rings is 1. The van der Waals surface area contributed by atoms with Gasteiger partial charge in [0.05, 0.1) is 21.3 Å². The fourth-order valence-electron chi connectivity index (χ4n) is 1.82. The van der Waals surface area contributed by atoms with Crippen LogP contribution in [0.1, 0.15) is 10.4 Å². The summed E-state index contributed by atoms with van der Waals surface area (Å²) in [6.45, 7) is -0.103. The first kappa shape index (κ1) is 11.4. The zero-order valence-electron chi connectivity index (χ0n) is 9.70. The van der Waals surface area contributed by atoms with Crippen molar-refractivity contribution in [3.8, 4) is 28.7 Å². The Kier molecular flexibility index (Phi) is 2.71. The number of aromatic hydroxyl groups is 1. The van der Waals surface area contributed by atoms with Gasteiger partial charge in [0.15, 0.2) is 18.1 Å². The Labute approximate surface area is 97.7 Å². The van der Waals surface area contributed by atoms with Crippen LogP contribution in [-0.2, 0) is 0 Å². The molecule has 0 atom stereocenters. The molecule has 2 rings (SSSR count). The second-order valence-corrected chi connectivity index (χ2v) is 3.36. The fourth-order valence-corrected chi connectivity index (χ4v) is 1.82. The summed E-state index contributed by atoms with van der Waals surface area (Å²) < 4.78 is 20.4. The van der Waals surface area contributed by atoms with Crippen LogP contribution in [0.2, 0.25) is 0 Å². The first-order valence-electron chi connectivity index (χ1n) is 4.86. The predicted octanol–water partition coefficient (Wildman–Crippen LogP) is 0.993. The van der Waals surface area contributed by atoms with E-state index in [0.717, 1.165) is 0 Å². The van der Waals surface area contributed by atoms with Gasteiger partial charge in [-0.3, -0.25) is 4.79 Å². The molecule has 0 aromatic heterocycles. The third-order valence-corrected chi connectivity index (χ3v) is 2.54. The number of ketones is 1. The van der Waals surface area contributed by atoms with E-state index in [4.69, 9.17) is 18.9 Å². The van der Waals surface area contributed by atoms with Gasteiger partial charge >= 0.3 is 0 Å². The molecule has 0 spiro atoms. The predicted molar refractivity (Wildman–Crippen MR) is 57.6 cm³/mol. The van der Waals surface area contributed by atoms with Crippen LogP contribution in [0.4, 0.5) is 0 Å². The molecule has 0 bridgehead atoms. The van der Waals surface area contributed by atoms with Crippen molar-refractivity contribution in [3.63, 3.8) is 0 Å². The number of hydrogen-bond donors (Lipinski definition) is 1. The van der Waals surface area contributed by atoms with Crippen molar-refractivity contribution >= 4 is 5.78 Å². The van der Waals surface area contributed by atoms with Gasteiger partial charge in [0.1, 0.15) is 5.56 Å². The van der Waals surface area contributed by atoms with E-state index in [2.05, 4.69) is 0 Å². The van der Waals surface area contributed by atoms with Crippen molar-refractivity contribution in [1.29, 1.82) is 0 Å². The van der Waals surface area contributed by atoms with Crippen LogP contribution in [0.5, 0.6) is 28.7 Å². The fraction of sp³-hybridized carbons (Fsp3) is 0.364. The number of hydrogen-bond acceptors (Lipinski definition) is 6. The average molecular weight is 240 g/mol. The molecule has 92 valence electrons. The molecule has 0 unspecified atom stereocenters. The Morgan fingerprint density at radius 1 is 1.06 bits per heavy atom. The molecule has 17 heavy (non-hydrogen) atoms. The van der Waals surface area contributed by atoms with Crippen molar-refractivity contribution in [3.05, 3.63) is 5.56 Å². The van der Waals surface area contributed by atoms with Gasteiger partial charge < -0.3 is 24.1 Å². The van der Waals surface area contributed by atoms with Crippen LogP contribution < -0.4 is 18.9 Å². The van der Waals surface area contributed by atoms with Crippen molar-refractivity contribution < 1.29 is 28.8 Å². The zero-order valence-corrected chi connectivity index (χ0v) is 9.70. The largest absolute Gasteiger partial charge is 0.502 e. The molecular formula is C11H12O6. The molecule has 1 heterocycles. The third kappa shape index (κ3) is 1.44. The maximum atomic E-state index is 11.7. The SMILES string of the molecule is COc1c(O)c(OC)c2c(c1OC)OCC2=O. The number of phenols is 1. The van der Waals surface area contributed by atoms with E-state index in [1.807, 2.05) is 0 Å². The van der Waals surface area contributed by atoms with Crippen LogP contribution in [0, 0.1) is 0 Å². The maximum Gasteiger partial charge on any atom is 0.211 e. The molecule has 0 radical (unpaired) electrons. The summed E-state index contributed by atoms with van der Waals surface area (Å²) in [7, 11) is 4.13. The number of Topliss-reactive ketones (excluding diaryl/α,β-unsaturated/α-hetero) is 1. The van der Waals surface area contributed by atoms with Crippen molar-refractivity contribution in [1.82, 2.24) is 0 Å². The summed E-state index contributed by atoms with van der Waals surface area (Å²) in [5.41, 5.74) is 0.183. The number of ether oxygens (including phenoxy) is 4. The summed E-state index contributed by atoms with van der Waals surface area (Å²) in [4.78, 5) is 11.7. The Bertz CT molecular complexity index is 480. The molecule has 0 saturated carbocycles. The lowest BCUT2D eigenvalue weighted by atomic mass is 10.1. The maximum absolute atomic E-state index is 11.7. The quantitative estimate of drug-likeness (QED) is 0.849. The van der Waals surface area contributed by atoms with Gasteiger partial charge in [0.25, 0.3) is 0 Å². The standard InChI is InChI=1S/C11H12O6/c1-14-8-6-5(12)4-17-9(6)11(16-3)10(15-2)7(8)13/h13H,4H2,1-3H3. The average Bonchev–Trinajstić information content (AvgIpc) is 2.70. The number of carbonyl (C=O) groups excluding carboxylic acids is 1. The Morgan fingerprint density at radius 2 is 1.65 bits per heavy atom. The second kappa shape index (κ2) is 4.04.